The molecule has 4 rings (SSSR count). The smallest absolute Gasteiger partial charge is 0.227 e. The molecule has 0 bridgehead atoms. The highest BCUT2D eigenvalue weighted by Crippen LogP contribution is 2.65. The Morgan fingerprint density at radius 3 is 2.10 bits per heavy atom. The average molecular weight is 709 g/mol. The van der Waals surface area contributed by atoms with E-state index in [2.05, 4.69) is 0 Å². The Labute approximate surface area is 303 Å². The van der Waals surface area contributed by atoms with Crippen molar-refractivity contribution in [1.82, 2.24) is 4.90 Å². The molecule has 0 spiro atoms. The fourth-order valence-electron chi connectivity index (χ4n) is 8.40. The molecule has 0 aromatic rings. The number of hydrogen-bond donors (Lipinski definition) is 0. The number of ketones is 4. The summed E-state index contributed by atoms with van der Waals surface area (Å²) in [6, 6.07) is -1.12. The van der Waals surface area contributed by atoms with Gasteiger partial charge in [0.15, 0.2) is 21.4 Å². The first kappa shape index (κ1) is 33.0. The number of Topliss-reactive ketones (excluding diaryl/α,β-unsaturated/α-hetero) is 4. The molecule has 1 amide bonds. The minimum absolute atomic E-state index is 0.0289. The first-order valence-corrected chi connectivity index (χ1v) is 20.1. The predicted molar refractivity (Wildman–Crippen MR) is 192 cm³/mol. The average Bonchev–Trinajstić information content (AvgIpc) is 3.84. The van der Waals surface area contributed by atoms with Crippen molar-refractivity contribution in [1.29, 1.82) is 0 Å². The number of nitrogens with zero attached hydrogens (tertiary/aromatic N) is 1. The third kappa shape index (κ3) is 9.13. The van der Waals surface area contributed by atoms with E-state index in [0.717, 1.165) is 39.0 Å². The summed E-state index contributed by atoms with van der Waals surface area (Å²) in [6.07, 6.45) is -1.94. The van der Waals surface area contributed by atoms with Crippen molar-refractivity contribution in [3.05, 3.63) is 0 Å². The predicted octanol–water partition coefficient (Wildman–Crippen LogP) is 7.35. The van der Waals surface area contributed by atoms with Crippen LogP contribution < -0.4 is 0 Å². The highest BCUT2D eigenvalue weighted by Gasteiger charge is 2.69. The molecule has 0 N–H and O–H groups in total. The maximum Gasteiger partial charge on any atom is 0.227 e. The number of carbonyl (C=O) groups excluding carboxylic acids is 5. The summed E-state index contributed by atoms with van der Waals surface area (Å²) >= 11 is 0. The molecule has 4 fully saturated rings. The Balaban J connectivity index is 1.64. The lowest BCUT2D eigenvalue weighted by Crippen LogP contribution is -2.51. The van der Waals surface area contributed by atoms with Crippen molar-refractivity contribution in [2.75, 3.05) is 12.3 Å². The number of sulfone groups is 1. The molecule has 0 unspecified atom stereocenters. The van der Waals surface area contributed by atoms with Gasteiger partial charge < -0.3 is 4.90 Å². The molecule has 49 heavy (non-hydrogen) atoms. The van der Waals surface area contributed by atoms with E-state index < -0.39 is 92.1 Å². The van der Waals surface area contributed by atoms with Crippen molar-refractivity contribution in [3.63, 3.8) is 0 Å². The van der Waals surface area contributed by atoms with E-state index in [4.69, 9.17) is 5.48 Å². The zero-order chi connectivity index (χ0) is 41.3. The van der Waals surface area contributed by atoms with Crippen LogP contribution in [-0.4, -0.2) is 65.4 Å². The standard InChI is InChI=1S/C40H65NO7S/c1-10-11-15-27(35(45)32(44)20-26-16-17-26)21-31(43)34-33-30(39(33,8)9)24-41(34)36(46)29(37(2,3)4)22-28(42)23-40(18-13-12-14-19-40)25-49(47,48)38(5,6)7/h26-27,29-30,33-34H,10-25H2,1-9H3/t27-,29-,30+,33+,34-/m1/s1/i10D2,15D2,27D. The summed E-state index contributed by atoms with van der Waals surface area (Å²) in [7, 11) is -3.54. The van der Waals surface area contributed by atoms with Crippen LogP contribution in [0, 0.1) is 45.8 Å². The molecular formula is C40H65NO7S. The summed E-state index contributed by atoms with van der Waals surface area (Å²) in [5.41, 5.74) is -1.83. The van der Waals surface area contributed by atoms with Crippen LogP contribution in [0.2, 0.25) is 0 Å². The van der Waals surface area contributed by atoms with Crippen LogP contribution in [0.1, 0.15) is 159 Å². The zero-order valence-electron chi connectivity index (χ0n) is 36.5. The lowest BCUT2D eigenvalue weighted by molar-refractivity contribution is -0.148. The molecule has 8 nitrogen and oxygen atoms in total. The second kappa shape index (κ2) is 14.6. The molecule has 278 valence electrons. The molecule has 4 aliphatic rings. The van der Waals surface area contributed by atoms with Gasteiger partial charge in [0.25, 0.3) is 0 Å². The second-order valence-electron chi connectivity index (χ2n) is 18.4. The van der Waals surface area contributed by atoms with Crippen LogP contribution in [0.25, 0.3) is 0 Å². The number of amides is 1. The SMILES string of the molecule is [2H]C([2H])(C)CC([2H])([2H])[C@]([2H])(CC(=O)[C@@H]1[C@@H]2[C@H](CN1C(=O)[C@@H](CC(=O)CC1(CS(=O)(=O)C(C)(C)C)CCCCC1)C(C)(C)C)C2(C)C)C(=O)C(=O)CC1CC1. The van der Waals surface area contributed by atoms with Gasteiger partial charge in [0.05, 0.1) is 16.5 Å². The van der Waals surface area contributed by atoms with Crippen LogP contribution in [-0.2, 0) is 33.8 Å². The fourth-order valence-corrected chi connectivity index (χ4v) is 10.0. The van der Waals surface area contributed by atoms with Crippen molar-refractivity contribution >= 4 is 38.9 Å². The normalized spacial score (nSPS) is 28.8. The fraction of sp³-hybridized carbons (Fsp3) is 0.875. The Hall–Kier alpha value is -1.90. The Morgan fingerprint density at radius 2 is 1.57 bits per heavy atom. The van der Waals surface area contributed by atoms with Gasteiger partial charge in [-0.1, -0.05) is 73.6 Å². The minimum Gasteiger partial charge on any atom is -0.332 e. The van der Waals surface area contributed by atoms with Crippen molar-refractivity contribution in [3.8, 4) is 0 Å². The van der Waals surface area contributed by atoms with Crippen molar-refractivity contribution in [2.45, 2.75) is 163 Å². The first-order chi connectivity index (χ1) is 24.3. The largest absolute Gasteiger partial charge is 0.332 e. The maximum absolute atomic E-state index is 14.7. The first-order valence-electron chi connectivity index (χ1n) is 20.9. The van der Waals surface area contributed by atoms with Crippen LogP contribution in [0.4, 0.5) is 0 Å². The number of rotatable bonds is 17. The molecule has 1 heterocycles. The summed E-state index contributed by atoms with van der Waals surface area (Å²) in [5.74, 6) is -8.01. The maximum atomic E-state index is 14.7. The number of piperidine rings is 1. The van der Waals surface area contributed by atoms with E-state index in [9.17, 15) is 33.8 Å². The van der Waals surface area contributed by atoms with Gasteiger partial charge in [-0.3, -0.25) is 24.0 Å². The van der Waals surface area contributed by atoms with Crippen LogP contribution in [0.5, 0.6) is 0 Å². The molecule has 3 saturated carbocycles. The van der Waals surface area contributed by atoms with Crippen LogP contribution >= 0.6 is 0 Å². The quantitative estimate of drug-likeness (QED) is 0.145. The third-order valence-electron chi connectivity index (χ3n) is 12.0. The summed E-state index contributed by atoms with van der Waals surface area (Å²) < 4.78 is 68.8. The van der Waals surface area contributed by atoms with Crippen LogP contribution in [0.15, 0.2) is 0 Å². The number of likely N-dealkylation sites (tertiary alicyclic amines) is 1. The van der Waals surface area contributed by atoms with Gasteiger partial charge in [-0.05, 0) is 86.8 Å². The summed E-state index contributed by atoms with van der Waals surface area (Å²) in [5, 5.41) is 0. The molecule has 9 heteroatoms. The molecule has 5 atom stereocenters. The molecule has 3 aliphatic carbocycles. The Bertz CT molecular complexity index is 1610. The van der Waals surface area contributed by atoms with Crippen LogP contribution in [0.3, 0.4) is 0 Å². The number of fused-ring (bicyclic) bond motifs is 1. The minimum atomic E-state index is -3.54. The molecule has 0 radical (unpaired) electrons. The van der Waals surface area contributed by atoms with Gasteiger partial charge in [0, 0.05) is 50.9 Å². The summed E-state index contributed by atoms with van der Waals surface area (Å²) in [6.45, 7) is 15.8. The van der Waals surface area contributed by atoms with E-state index >= 15 is 0 Å². The molecule has 1 saturated heterocycles. The highest BCUT2D eigenvalue weighted by atomic mass is 32.2. The molecule has 0 aromatic carbocycles. The van der Waals surface area contributed by atoms with Gasteiger partial charge >= 0.3 is 0 Å². The van der Waals surface area contributed by atoms with Gasteiger partial charge in [-0.25, -0.2) is 8.42 Å². The van der Waals surface area contributed by atoms with Gasteiger partial charge in [0.2, 0.25) is 11.7 Å². The van der Waals surface area contributed by atoms with E-state index in [-0.39, 0.29) is 60.5 Å². The molecule has 1 aliphatic heterocycles. The third-order valence-corrected chi connectivity index (χ3v) is 14.9. The molecule has 0 aromatic heterocycles. The van der Waals surface area contributed by atoms with E-state index in [1.807, 2.05) is 34.6 Å². The lowest BCUT2D eigenvalue weighted by Gasteiger charge is -2.40. The number of hydrogen-bond acceptors (Lipinski definition) is 7. The number of carbonyl (C=O) groups is 5. The topological polar surface area (TPSA) is 123 Å². The lowest BCUT2D eigenvalue weighted by atomic mass is 9.70. The molecular weight excluding hydrogens is 639 g/mol. The summed E-state index contributed by atoms with van der Waals surface area (Å²) in [4.78, 5) is 71.6. The second-order valence-corrected chi connectivity index (χ2v) is 21.1. The monoisotopic (exact) mass is 708 g/mol. The van der Waals surface area contributed by atoms with E-state index in [1.165, 1.54) is 4.90 Å². The van der Waals surface area contributed by atoms with E-state index in [1.54, 1.807) is 20.8 Å². The Morgan fingerprint density at radius 1 is 0.959 bits per heavy atom. The van der Waals surface area contributed by atoms with E-state index in [0.29, 0.717) is 12.8 Å². The zero-order valence-corrected chi connectivity index (χ0v) is 32.3. The van der Waals surface area contributed by atoms with Crippen molar-refractivity contribution in [2.24, 2.45) is 45.8 Å². The van der Waals surface area contributed by atoms with Gasteiger partial charge in [-0.15, -0.1) is 0 Å². The van der Waals surface area contributed by atoms with Gasteiger partial charge in [0.1, 0.15) is 5.78 Å². The highest BCUT2D eigenvalue weighted by molar-refractivity contribution is 7.92. The van der Waals surface area contributed by atoms with Crippen molar-refractivity contribution < 1.29 is 39.2 Å². The van der Waals surface area contributed by atoms with Gasteiger partial charge in [-0.2, -0.15) is 0 Å². The Kier molecular flexibility index (Phi) is 9.83.